The van der Waals surface area contributed by atoms with Crippen LogP contribution in [0.2, 0.25) is 0 Å². The molecule has 1 atom stereocenters. The lowest BCUT2D eigenvalue weighted by Gasteiger charge is -2.22. The highest BCUT2D eigenvalue weighted by atomic mass is 16.5. The minimum Gasteiger partial charge on any atom is -0.496 e. The van der Waals surface area contributed by atoms with Crippen molar-refractivity contribution in [1.82, 2.24) is 14.8 Å². The maximum atomic E-state index is 5.41. The largest absolute Gasteiger partial charge is 0.496 e. The van der Waals surface area contributed by atoms with Gasteiger partial charge in [0.1, 0.15) is 11.6 Å². The van der Waals surface area contributed by atoms with E-state index in [0.29, 0.717) is 6.04 Å². The molecule has 0 fully saturated rings. The summed E-state index contributed by atoms with van der Waals surface area (Å²) in [5.74, 6) is 2.87. The number of hydrogen-bond acceptors (Lipinski definition) is 3. The van der Waals surface area contributed by atoms with Gasteiger partial charge in [0, 0.05) is 12.5 Å². The summed E-state index contributed by atoms with van der Waals surface area (Å²) in [5, 5.41) is 8.68. The number of rotatable bonds is 2. The van der Waals surface area contributed by atoms with E-state index in [1.165, 1.54) is 12.8 Å². The van der Waals surface area contributed by atoms with Gasteiger partial charge in [0.2, 0.25) is 0 Å². The van der Waals surface area contributed by atoms with Crippen molar-refractivity contribution < 1.29 is 4.74 Å². The predicted molar refractivity (Wildman–Crippen MR) is 69.7 cm³/mol. The Kier molecular flexibility index (Phi) is 2.78. The molecule has 0 saturated carbocycles. The van der Waals surface area contributed by atoms with Crippen molar-refractivity contribution in [3.63, 3.8) is 0 Å². The molecule has 0 bridgehead atoms. The lowest BCUT2D eigenvalue weighted by atomic mass is 10.0. The van der Waals surface area contributed by atoms with Gasteiger partial charge in [-0.2, -0.15) is 0 Å². The monoisotopic (exact) mass is 243 g/mol. The molecule has 1 aliphatic heterocycles. The molecule has 0 aliphatic carbocycles. The molecular weight excluding hydrogens is 226 g/mol. The Morgan fingerprint density at radius 1 is 1.28 bits per heavy atom. The average Bonchev–Trinajstić information content (AvgIpc) is 2.84. The van der Waals surface area contributed by atoms with Gasteiger partial charge >= 0.3 is 0 Å². The maximum absolute atomic E-state index is 5.41. The second-order valence-corrected chi connectivity index (χ2v) is 4.75. The van der Waals surface area contributed by atoms with Crippen LogP contribution in [-0.2, 0) is 6.42 Å². The number of benzene rings is 1. The van der Waals surface area contributed by atoms with Crippen LogP contribution >= 0.6 is 0 Å². The summed E-state index contributed by atoms with van der Waals surface area (Å²) in [6, 6.07) is 8.44. The topological polar surface area (TPSA) is 39.9 Å². The van der Waals surface area contributed by atoms with Crippen molar-refractivity contribution >= 4 is 0 Å². The number of para-hydroxylation sites is 1. The number of methoxy groups -OCH3 is 1. The summed E-state index contributed by atoms with van der Waals surface area (Å²) < 4.78 is 7.67. The number of aromatic nitrogens is 3. The SMILES string of the molecule is COc1ccccc1-c1nnc2n1C(C)CCC2. The minimum absolute atomic E-state index is 0.462. The predicted octanol–water partition coefficient (Wildman–Crippen LogP) is 2.85. The number of fused-ring (bicyclic) bond motifs is 1. The van der Waals surface area contributed by atoms with Crippen molar-refractivity contribution in [2.75, 3.05) is 7.11 Å². The van der Waals surface area contributed by atoms with Crippen LogP contribution in [0.5, 0.6) is 5.75 Å². The summed E-state index contributed by atoms with van der Waals surface area (Å²) in [6.07, 6.45) is 3.41. The van der Waals surface area contributed by atoms with E-state index >= 15 is 0 Å². The van der Waals surface area contributed by atoms with Gasteiger partial charge in [0.25, 0.3) is 0 Å². The van der Waals surface area contributed by atoms with Crippen LogP contribution in [0.15, 0.2) is 24.3 Å². The van der Waals surface area contributed by atoms with Gasteiger partial charge in [0.15, 0.2) is 5.82 Å². The van der Waals surface area contributed by atoms with E-state index < -0.39 is 0 Å². The zero-order valence-electron chi connectivity index (χ0n) is 10.8. The maximum Gasteiger partial charge on any atom is 0.167 e. The van der Waals surface area contributed by atoms with Gasteiger partial charge in [-0.25, -0.2) is 0 Å². The Balaban J connectivity index is 2.15. The third kappa shape index (κ3) is 1.68. The van der Waals surface area contributed by atoms with Crippen LogP contribution in [0.4, 0.5) is 0 Å². The Morgan fingerprint density at radius 3 is 2.94 bits per heavy atom. The van der Waals surface area contributed by atoms with Crippen molar-refractivity contribution in [3.05, 3.63) is 30.1 Å². The van der Waals surface area contributed by atoms with E-state index in [-0.39, 0.29) is 0 Å². The second-order valence-electron chi connectivity index (χ2n) is 4.75. The molecule has 1 aliphatic rings. The van der Waals surface area contributed by atoms with Gasteiger partial charge in [0.05, 0.1) is 12.7 Å². The molecule has 4 nitrogen and oxygen atoms in total. The normalized spacial score (nSPS) is 18.4. The third-order valence-electron chi connectivity index (χ3n) is 3.58. The summed E-state index contributed by atoms with van der Waals surface area (Å²) >= 11 is 0. The van der Waals surface area contributed by atoms with Crippen LogP contribution < -0.4 is 4.74 Å². The van der Waals surface area contributed by atoms with Crippen LogP contribution in [0.3, 0.4) is 0 Å². The van der Waals surface area contributed by atoms with Gasteiger partial charge in [-0.3, -0.25) is 0 Å². The van der Waals surface area contributed by atoms with Gasteiger partial charge in [-0.05, 0) is 31.9 Å². The summed E-state index contributed by atoms with van der Waals surface area (Å²) in [4.78, 5) is 0. The fourth-order valence-electron chi connectivity index (χ4n) is 2.65. The molecule has 0 saturated heterocycles. The van der Waals surface area contributed by atoms with Crippen LogP contribution in [-0.4, -0.2) is 21.9 Å². The Labute approximate surface area is 107 Å². The highest BCUT2D eigenvalue weighted by Crippen LogP contribution is 2.33. The Bertz CT molecular complexity index is 562. The van der Waals surface area contributed by atoms with Crippen molar-refractivity contribution in [3.8, 4) is 17.1 Å². The van der Waals surface area contributed by atoms with E-state index in [4.69, 9.17) is 4.74 Å². The van der Waals surface area contributed by atoms with Gasteiger partial charge in [-0.1, -0.05) is 12.1 Å². The highest BCUT2D eigenvalue weighted by molar-refractivity contribution is 5.64. The molecule has 0 N–H and O–H groups in total. The molecule has 0 radical (unpaired) electrons. The molecular formula is C14H17N3O. The number of ether oxygens (including phenoxy) is 1. The van der Waals surface area contributed by atoms with Crippen molar-refractivity contribution in [1.29, 1.82) is 0 Å². The fourth-order valence-corrected chi connectivity index (χ4v) is 2.65. The van der Waals surface area contributed by atoms with E-state index in [0.717, 1.165) is 29.4 Å². The van der Waals surface area contributed by atoms with Crippen molar-refractivity contribution in [2.24, 2.45) is 0 Å². The molecule has 4 heteroatoms. The molecule has 2 aromatic rings. The van der Waals surface area contributed by atoms with E-state index in [9.17, 15) is 0 Å². The molecule has 94 valence electrons. The Hall–Kier alpha value is -1.84. The first kappa shape index (κ1) is 11.3. The summed E-state index contributed by atoms with van der Waals surface area (Å²) in [6.45, 7) is 2.23. The van der Waals surface area contributed by atoms with Crippen LogP contribution in [0.1, 0.15) is 31.6 Å². The van der Waals surface area contributed by atoms with Crippen LogP contribution in [0, 0.1) is 0 Å². The van der Waals surface area contributed by atoms with Gasteiger partial charge < -0.3 is 9.30 Å². The molecule has 1 unspecified atom stereocenters. The molecule has 1 aromatic carbocycles. The number of aryl methyl sites for hydroxylation is 1. The van der Waals surface area contributed by atoms with Gasteiger partial charge in [-0.15, -0.1) is 10.2 Å². The zero-order chi connectivity index (χ0) is 12.5. The molecule has 0 spiro atoms. The molecule has 18 heavy (non-hydrogen) atoms. The van der Waals surface area contributed by atoms with Crippen LogP contribution in [0.25, 0.3) is 11.4 Å². The van der Waals surface area contributed by atoms with Crippen molar-refractivity contribution in [2.45, 2.75) is 32.2 Å². The third-order valence-corrected chi connectivity index (χ3v) is 3.58. The molecule has 1 aromatic heterocycles. The molecule has 2 heterocycles. The quantitative estimate of drug-likeness (QED) is 0.814. The summed E-state index contributed by atoms with van der Waals surface area (Å²) in [5.41, 5.74) is 1.02. The first-order valence-corrected chi connectivity index (χ1v) is 6.38. The smallest absolute Gasteiger partial charge is 0.167 e. The first-order valence-electron chi connectivity index (χ1n) is 6.38. The minimum atomic E-state index is 0.462. The second kappa shape index (κ2) is 4.44. The highest BCUT2D eigenvalue weighted by Gasteiger charge is 2.23. The lowest BCUT2D eigenvalue weighted by molar-refractivity contribution is 0.412. The Morgan fingerprint density at radius 2 is 2.11 bits per heavy atom. The first-order chi connectivity index (χ1) is 8.81. The lowest BCUT2D eigenvalue weighted by Crippen LogP contribution is -2.16. The zero-order valence-corrected chi connectivity index (χ0v) is 10.8. The fraction of sp³-hybridized carbons (Fsp3) is 0.429. The number of hydrogen-bond donors (Lipinski definition) is 0. The molecule has 3 rings (SSSR count). The average molecular weight is 243 g/mol. The number of nitrogens with zero attached hydrogens (tertiary/aromatic N) is 3. The van der Waals surface area contributed by atoms with E-state index in [2.05, 4.69) is 21.7 Å². The van der Waals surface area contributed by atoms with E-state index in [1.54, 1.807) is 7.11 Å². The standard InChI is InChI=1S/C14H17N3O/c1-10-6-5-9-13-15-16-14(17(10)13)11-7-3-4-8-12(11)18-2/h3-4,7-8,10H,5-6,9H2,1-2H3. The van der Waals surface area contributed by atoms with E-state index in [1.807, 2.05) is 24.3 Å². The molecule has 0 amide bonds. The summed E-state index contributed by atoms with van der Waals surface area (Å²) in [7, 11) is 1.69.